The fraction of sp³-hybridized carbons (Fsp3) is 0.227. The van der Waals surface area contributed by atoms with Crippen LogP contribution in [0, 0.1) is 6.92 Å². The van der Waals surface area contributed by atoms with E-state index in [1.807, 2.05) is 61.5 Å². The zero-order valence-corrected chi connectivity index (χ0v) is 15.8. The molecule has 0 radical (unpaired) electrons. The first kappa shape index (κ1) is 19.4. The maximum absolute atomic E-state index is 12.1. The Labute approximate surface area is 164 Å². The molecule has 0 spiro atoms. The number of para-hydroxylation sites is 1. The summed E-state index contributed by atoms with van der Waals surface area (Å²) in [7, 11) is 0. The molecule has 0 aliphatic carbocycles. The van der Waals surface area contributed by atoms with Gasteiger partial charge in [0.05, 0.1) is 12.2 Å². The van der Waals surface area contributed by atoms with Gasteiger partial charge in [0.2, 0.25) is 5.91 Å². The molecule has 0 aliphatic heterocycles. The SMILES string of the molecule is Cc1ccc(CCC(=O)NCCOC(=O)c2ccn(-c3ccccc3)n2)cc1. The standard InChI is InChI=1S/C22H23N3O3/c1-17-7-9-18(10-8-17)11-12-21(26)23-14-16-28-22(27)20-13-15-25(24-20)19-5-3-2-4-6-19/h2-10,13,15H,11-12,14,16H2,1H3,(H,23,26). The molecule has 6 heteroatoms. The maximum Gasteiger partial charge on any atom is 0.358 e. The van der Waals surface area contributed by atoms with Crippen LogP contribution in [-0.4, -0.2) is 34.8 Å². The highest BCUT2D eigenvalue weighted by atomic mass is 16.5. The molecule has 0 aliphatic rings. The smallest absolute Gasteiger partial charge is 0.358 e. The molecule has 0 saturated carbocycles. The average molecular weight is 377 g/mol. The van der Waals surface area contributed by atoms with E-state index < -0.39 is 5.97 Å². The van der Waals surface area contributed by atoms with Crippen LogP contribution < -0.4 is 5.32 Å². The lowest BCUT2D eigenvalue weighted by Gasteiger charge is -2.06. The number of esters is 1. The molecule has 0 atom stereocenters. The summed E-state index contributed by atoms with van der Waals surface area (Å²) in [6.07, 6.45) is 2.79. The molecule has 1 heterocycles. The van der Waals surface area contributed by atoms with Gasteiger partial charge in [0, 0.05) is 12.6 Å². The van der Waals surface area contributed by atoms with Gasteiger partial charge < -0.3 is 10.1 Å². The van der Waals surface area contributed by atoms with E-state index in [-0.39, 0.29) is 24.8 Å². The third kappa shape index (κ3) is 5.54. The lowest BCUT2D eigenvalue weighted by atomic mass is 10.1. The van der Waals surface area contributed by atoms with E-state index >= 15 is 0 Å². The number of benzene rings is 2. The average Bonchev–Trinajstić information content (AvgIpc) is 3.22. The van der Waals surface area contributed by atoms with Crippen molar-refractivity contribution in [1.82, 2.24) is 15.1 Å². The van der Waals surface area contributed by atoms with Gasteiger partial charge in [-0.25, -0.2) is 9.48 Å². The molecule has 3 aromatic rings. The van der Waals surface area contributed by atoms with E-state index in [1.54, 1.807) is 16.9 Å². The van der Waals surface area contributed by atoms with E-state index in [4.69, 9.17) is 4.74 Å². The Bertz CT molecular complexity index is 918. The second-order valence-corrected chi connectivity index (χ2v) is 6.45. The van der Waals surface area contributed by atoms with Gasteiger partial charge in [-0.15, -0.1) is 0 Å². The van der Waals surface area contributed by atoms with Gasteiger partial charge >= 0.3 is 5.97 Å². The molecule has 0 fully saturated rings. The third-order valence-corrected chi connectivity index (χ3v) is 4.24. The van der Waals surface area contributed by atoms with Gasteiger partial charge in [-0.05, 0) is 37.1 Å². The topological polar surface area (TPSA) is 73.2 Å². The zero-order chi connectivity index (χ0) is 19.8. The van der Waals surface area contributed by atoms with Crippen LogP contribution in [0.4, 0.5) is 0 Å². The van der Waals surface area contributed by atoms with Crippen molar-refractivity contribution in [2.75, 3.05) is 13.2 Å². The second-order valence-electron chi connectivity index (χ2n) is 6.45. The molecule has 144 valence electrons. The van der Waals surface area contributed by atoms with Crippen LogP contribution in [0.3, 0.4) is 0 Å². The first-order valence-electron chi connectivity index (χ1n) is 9.22. The first-order chi connectivity index (χ1) is 13.6. The Balaban J connectivity index is 1.37. The summed E-state index contributed by atoms with van der Waals surface area (Å²) in [6, 6.07) is 19.2. The number of nitrogens with one attached hydrogen (secondary N) is 1. The van der Waals surface area contributed by atoms with Gasteiger partial charge in [-0.1, -0.05) is 48.0 Å². The van der Waals surface area contributed by atoms with Crippen molar-refractivity contribution >= 4 is 11.9 Å². The Hall–Kier alpha value is -3.41. The van der Waals surface area contributed by atoms with E-state index in [9.17, 15) is 9.59 Å². The van der Waals surface area contributed by atoms with Crippen molar-refractivity contribution in [1.29, 1.82) is 0 Å². The number of aryl methyl sites for hydroxylation is 2. The molecule has 2 aromatic carbocycles. The minimum atomic E-state index is -0.511. The number of rotatable bonds is 8. The number of carbonyl (C=O) groups excluding carboxylic acids is 2. The van der Waals surface area contributed by atoms with Gasteiger partial charge in [-0.2, -0.15) is 5.10 Å². The quantitative estimate of drug-likeness (QED) is 0.484. The molecule has 28 heavy (non-hydrogen) atoms. The molecule has 1 amide bonds. The Kier molecular flexibility index (Phi) is 6.57. The van der Waals surface area contributed by atoms with Crippen molar-refractivity contribution in [3.63, 3.8) is 0 Å². The molecule has 1 N–H and O–H groups in total. The molecule has 0 bridgehead atoms. The number of aromatic nitrogens is 2. The first-order valence-corrected chi connectivity index (χ1v) is 9.22. The fourth-order valence-corrected chi connectivity index (χ4v) is 2.67. The van der Waals surface area contributed by atoms with Crippen LogP contribution in [0.15, 0.2) is 66.9 Å². The van der Waals surface area contributed by atoms with Gasteiger partial charge in [0.1, 0.15) is 6.61 Å². The van der Waals surface area contributed by atoms with E-state index in [0.29, 0.717) is 12.8 Å². The van der Waals surface area contributed by atoms with E-state index in [0.717, 1.165) is 11.3 Å². The Morgan fingerprint density at radius 1 is 1.04 bits per heavy atom. The molecule has 3 rings (SSSR count). The van der Waals surface area contributed by atoms with E-state index in [1.165, 1.54) is 5.56 Å². The lowest BCUT2D eigenvalue weighted by Crippen LogP contribution is -2.28. The minimum Gasteiger partial charge on any atom is -0.459 e. The summed E-state index contributed by atoms with van der Waals surface area (Å²) in [5.41, 5.74) is 3.42. The van der Waals surface area contributed by atoms with Crippen molar-refractivity contribution in [2.24, 2.45) is 0 Å². The molecule has 0 saturated heterocycles. The molecule has 1 aromatic heterocycles. The van der Waals surface area contributed by atoms with Crippen LogP contribution in [0.25, 0.3) is 5.69 Å². The summed E-state index contributed by atoms with van der Waals surface area (Å²) >= 11 is 0. The predicted molar refractivity (Wildman–Crippen MR) is 106 cm³/mol. The van der Waals surface area contributed by atoms with Crippen LogP contribution in [-0.2, 0) is 16.0 Å². The number of carbonyl (C=O) groups is 2. The predicted octanol–water partition coefficient (Wildman–Crippen LogP) is 3.09. The minimum absolute atomic E-state index is 0.0648. The van der Waals surface area contributed by atoms with Gasteiger partial charge in [0.15, 0.2) is 5.69 Å². The van der Waals surface area contributed by atoms with Crippen LogP contribution >= 0.6 is 0 Å². The Morgan fingerprint density at radius 3 is 2.54 bits per heavy atom. The van der Waals surface area contributed by atoms with Crippen molar-refractivity contribution < 1.29 is 14.3 Å². The number of hydrogen-bond donors (Lipinski definition) is 1. The van der Waals surface area contributed by atoms with Crippen LogP contribution in [0.1, 0.15) is 28.0 Å². The van der Waals surface area contributed by atoms with Crippen LogP contribution in [0.2, 0.25) is 0 Å². The Morgan fingerprint density at radius 2 is 1.79 bits per heavy atom. The van der Waals surface area contributed by atoms with Gasteiger partial charge in [-0.3, -0.25) is 4.79 Å². The molecular weight excluding hydrogens is 354 g/mol. The van der Waals surface area contributed by atoms with Crippen molar-refractivity contribution in [3.05, 3.63) is 83.7 Å². The number of hydrogen-bond acceptors (Lipinski definition) is 4. The second kappa shape index (κ2) is 9.50. The summed E-state index contributed by atoms with van der Waals surface area (Å²) in [5.74, 6) is -0.575. The van der Waals surface area contributed by atoms with Crippen molar-refractivity contribution in [2.45, 2.75) is 19.8 Å². The monoisotopic (exact) mass is 377 g/mol. The highest BCUT2D eigenvalue weighted by Crippen LogP contribution is 2.08. The number of nitrogens with zero attached hydrogens (tertiary/aromatic N) is 2. The summed E-state index contributed by atoms with van der Waals surface area (Å²) in [5, 5.41) is 6.98. The highest BCUT2D eigenvalue weighted by Gasteiger charge is 2.11. The maximum atomic E-state index is 12.1. The molecule has 0 unspecified atom stereocenters. The van der Waals surface area contributed by atoms with E-state index in [2.05, 4.69) is 10.4 Å². The molecule has 6 nitrogen and oxygen atoms in total. The summed E-state index contributed by atoms with van der Waals surface area (Å²) in [4.78, 5) is 24.0. The summed E-state index contributed by atoms with van der Waals surface area (Å²) < 4.78 is 6.79. The number of ether oxygens (including phenoxy) is 1. The largest absolute Gasteiger partial charge is 0.459 e. The number of amides is 1. The highest BCUT2D eigenvalue weighted by molar-refractivity contribution is 5.87. The lowest BCUT2D eigenvalue weighted by molar-refractivity contribution is -0.121. The normalized spacial score (nSPS) is 10.5. The zero-order valence-electron chi connectivity index (χ0n) is 15.8. The van der Waals surface area contributed by atoms with Gasteiger partial charge in [0.25, 0.3) is 0 Å². The third-order valence-electron chi connectivity index (χ3n) is 4.24. The molecular formula is C22H23N3O3. The summed E-state index contributed by atoms with van der Waals surface area (Å²) in [6.45, 7) is 2.41. The fourth-order valence-electron chi connectivity index (χ4n) is 2.67. The van der Waals surface area contributed by atoms with Crippen LogP contribution in [0.5, 0.6) is 0 Å². The van der Waals surface area contributed by atoms with Crippen molar-refractivity contribution in [3.8, 4) is 5.69 Å².